The normalized spacial score (nSPS) is 10.7. The maximum absolute atomic E-state index is 4.00. The third kappa shape index (κ3) is 20.2. The van der Waals surface area contributed by atoms with E-state index in [2.05, 4.69) is 21.2 Å². The molecule has 0 aliphatic heterocycles. The molecule has 0 aliphatic rings. The van der Waals surface area contributed by atoms with E-state index in [0.29, 0.717) is 0 Å². The molecular formula is C20H39P. The van der Waals surface area contributed by atoms with Crippen molar-refractivity contribution >= 4 is 8.70 Å². The third-order valence-electron chi connectivity index (χ3n) is 4.39. The summed E-state index contributed by atoms with van der Waals surface area (Å²) in [6, 6.07) is 0. The molecule has 0 N–H and O–H groups in total. The monoisotopic (exact) mass is 310 g/mol. The second kappa shape index (κ2) is 20.2. The van der Waals surface area contributed by atoms with E-state index in [-0.39, 0.29) is 0 Å². The molecule has 1 heteroatoms. The molecule has 0 atom stereocenters. The van der Waals surface area contributed by atoms with Crippen molar-refractivity contribution in [2.24, 2.45) is 0 Å². The van der Waals surface area contributed by atoms with Crippen molar-refractivity contribution in [3.8, 4) is 5.63 Å². The molecule has 0 fully saturated rings. The summed E-state index contributed by atoms with van der Waals surface area (Å²) in [7, 11) is 4.00. The molecule has 0 spiro atoms. The summed E-state index contributed by atoms with van der Waals surface area (Å²) in [5, 5.41) is 0. The Morgan fingerprint density at radius 2 is 0.762 bits per heavy atom. The summed E-state index contributed by atoms with van der Waals surface area (Å²) in [6.45, 7) is 2.29. The Morgan fingerprint density at radius 1 is 0.476 bits per heavy atom. The van der Waals surface area contributed by atoms with E-state index in [1.807, 2.05) is 0 Å². The van der Waals surface area contributed by atoms with Gasteiger partial charge in [-0.1, -0.05) is 51.9 Å². The maximum atomic E-state index is 4.00. The van der Waals surface area contributed by atoms with E-state index in [1.54, 1.807) is 0 Å². The molecule has 0 rings (SSSR count). The molecule has 0 saturated carbocycles. The fourth-order valence-electron chi connectivity index (χ4n) is 2.93. The second-order valence-electron chi connectivity index (χ2n) is 6.56. The van der Waals surface area contributed by atoms with Gasteiger partial charge in [0.05, 0.1) is 0 Å². The van der Waals surface area contributed by atoms with Crippen molar-refractivity contribution < 1.29 is 0 Å². The van der Waals surface area contributed by atoms with Gasteiger partial charge < -0.3 is 0 Å². The number of unbranched alkanes of at least 4 members (excludes halogenated alkanes) is 17. The third-order valence-corrected chi connectivity index (χ3v) is 4.62. The van der Waals surface area contributed by atoms with Gasteiger partial charge in [-0.15, -0.1) is 0 Å². The Kier molecular flexibility index (Phi) is 20.4. The van der Waals surface area contributed by atoms with Crippen molar-refractivity contribution in [3.63, 3.8) is 0 Å². The van der Waals surface area contributed by atoms with E-state index < -0.39 is 0 Å². The first kappa shape index (κ1) is 21.2. The number of hydrogen-bond donors (Lipinski definition) is 0. The zero-order valence-electron chi connectivity index (χ0n) is 14.7. The molecule has 0 radical (unpaired) electrons. The Bertz CT molecular complexity index is 216. The molecule has 21 heavy (non-hydrogen) atoms. The van der Waals surface area contributed by atoms with Gasteiger partial charge in [0.25, 0.3) is 0 Å². The van der Waals surface area contributed by atoms with E-state index in [4.69, 9.17) is 0 Å². The van der Waals surface area contributed by atoms with Crippen LogP contribution in [0.3, 0.4) is 0 Å². The summed E-state index contributed by atoms with van der Waals surface area (Å²) >= 11 is 0. The van der Waals surface area contributed by atoms with Crippen LogP contribution in [0.1, 0.15) is 122 Å². The number of hydrogen-bond acceptors (Lipinski definition) is 0. The summed E-state index contributed by atoms with van der Waals surface area (Å²) in [4.78, 5) is 0. The van der Waals surface area contributed by atoms with Crippen LogP contribution in [0.2, 0.25) is 0 Å². The molecule has 124 valence electrons. The van der Waals surface area contributed by atoms with E-state index >= 15 is 0 Å². The van der Waals surface area contributed by atoms with Gasteiger partial charge in [-0.25, -0.2) is 0 Å². The molecule has 0 nitrogen and oxygen atoms in total. The van der Waals surface area contributed by atoms with Gasteiger partial charge in [-0.2, -0.15) is 0 Å². The van der Waals surface area contributed by atoms with Crippen LogP contribution in [0.15, 0.2) is 0 Å². The van der Waals surface area contributed by atoms with Crippen molar-refractivity contribution in [2.45, 2.75) is 122 Å². The van der Waals surface area contributed by atoms with Crippen LogP contribution in [0.5, 0.6) is 0 Å². The van der Waals surface area contributed by atoms with Crippen LogP contribution in [-0.2, 0) is 0 Å². The molecule has 0 unspecified atom stereocenters. The van der Waals surface area contributed by atoms with Gasteiger partial charge in [0, 0.05) is 0 Å². The van der Waals surface area contributed by atoms with Gasteiger partial charge in [0.1, 0.15) is 0 Å². The van der Waals surface area contributed by atoms with Crippen molar-refractivity contribution in [1.29, 1.82) is 0 Å². The fraction of sp³-hybridized carbons (Fsp3) is 0.950. The predicted octanol–water partition coefficient (Wildman–Crippen LogP) is 8.40. The minimum absolute atomic E-state index is 1.06. The Morgan fingerprint density at radius 3 is 1.05 bits per heavy atom. The molecule has 0 heterocycles. The van der Waals surface area contributed by atoms with Crippen molar-refractivity contribution in [3.05, 3.63) is 0 Å². The average molecular weight is 311 g/mol. The van der Waals surface area contributed by atoms with Crippen LogP contribution in [0.4, 0.5) is 0 Å². The fourth-order valence-corrected chi connectivity index (χ4v) is 3.09. The zero-order chi connectivity index (χ0) is 15.4. The van der Waals surface area contributed by atoms with Gasteiger partial charge in [0.2, 0.25) is 0 Å². The summed E-state index contributed by atoms with van der Waals surface area (Å²) in [6.07, 6.45) is 25.5. The van der Waals surface area contributed by atoms with E-state index in [9.17, 15) is 0 Å². The predicted molar refractivity (Wildman–Crippen MR) is 99.6 cm³/mol. The zero-order valence-corrected chi connectivity index (χ0v) is 15.6. The Hall–Kier alpha value is 0.210. The van der Waals surface area contributed by atoms with Gasteiger partial charge in [0.15, 0.2) is 0 Å². The molecule has 0 aromatic carbocycles. The molecular weight excluding hydrogens is 271 g/mol. The SMILES string of the molecule is CCCCCCCCCCCCCCCCCCCC#P. The standard InChI is InChI=1S/C20H39P/c1-2-3-4-5-6-7-8-9-10-11-12-13-14-15-16-17-18-19-20-21/h2-19H2,1H3. The summed E-state index contributed by atoms with van der Waals surface area (Å²) in [5.41, 5.74) is 2.91. The quantitative estimate of drug-likeness (QED) is 0.187. The van der Waals surface area contributed by atoms with Crippen LogP contribution in [0.25, 0.3) is 0 Å². The Balaban J connectivity index is 2.92. The van der Waals surface area contributed by atoms with Crippen molar-refractivity contribution in [2.75, 3.05) is 0 Å². The van der Waals surface area contributed by atoms with Crippen LogP contribution < -0.4 is 0 Å². The Labute approximate surface area is 137 Å². The number of rotatable bonds is 17. The van der Waals surface area contributed by atoms with Crippen LogP contribution in [-0.4, -0.2) is 0 Å². The molecule has 0 saturated heterocycles. The molecule has 0 amide bonds. The van der Waals surface area contributed by atoms with Crippen LogP contribution >= 0.6 is 8.70 Å². The van der Waals surface area contributed by atoms with Crippen LogP contribution in [0, 0.1) is 5.63 Å². The van der Waals surface area contributed by atoms with E-state index in [0.717, 1.165) is 6.42 Å². The minimum atomic E-state index is 1.06. The summed E-state index contributed by atoms with van der Waals surface area (Å²) in [5.74, 6) is 0. The van der Waals surface area contributed by atoms with Gasteiger partial charge in [-0.05, 0) is 0 Å². The summed E-state index contributed by atoms with van der Waals surface area (Å²) < 4.78 is 0. The van der Waals surface area contributed by atoms with Crippen molar-refractivity contribution in [1.82, 2.24) is 0 Å². The van der Waals surface area contributed by atoms with E-state index in [1.165, 1.54) is 109 Å². The van der Waals surface area contributed by atoms with Gasteiger partial charge >= 0.3 is 85.0 Å². The first-order valence-electron chi connectivity index (χ1n) is 9.78. The molecule has 0 bridgehead atoms. The first-order valence-corrected chi connectivity index (χ1v) is 10.2. The molecule has 0 aromatic rings. The average Bonchev–Trinajstić information content (AvgIpc) is 2.50. The first-order chi connectivity index (χ1) is 10.4. The second-order valence-corrected chi connectivity index (χ2v) is 6.88. The topological polar surface area (TPSA) is 0 Å². The molecule has 0 aromatic heterocycles. The van der Waals surface area contributed by atoms with Gasteiger partial charge in [-0.3, -0.25) is 0 Å². The molecule has 0 aliphatic carbocycles.